The van der Waals surface area contributed by atoms with E-state index in [0.29, 0.717) is 23.2 Å². The second-order valence-electron chi connectivity index (χ2n) is 7.57. The van der Waals surface area contributed by atoms with Crippen molar-refractivity contribution >= 4 is 34.4 Å². The number of aromatic nitrogens is 1. The lowest BCUT2D eigenvalue weighted by molar-refractivity contribution is -0.149. The molecule has 0 N–H and O–H groups in total. The van der Waals surface area contributed by atoms with Gasteiger partial charge in [-0.3, -0.25) is 9.69 Å². The molecule has 32 heavy (non-hydrogen) atoms. The van der Waals surface area contributed by atoms with E-state index in [4.69, 9.17) is 14.2 Å². The molecule has 1 amide bonds. The topological polar surface area (TPSA) is 78.0 Å². The van der Waals surface area contributed by atoms with Crippen molar-refractivity contribution in [2.75, 3.05) is 18.6 Å². The Morgan fingerprint density at radius 3 is 2.69 bits per heavy atom. The fourth-order valence-electron chi connectivity index (χ4n) is 3.79. The molecule has 0 spiro atoms. The van der Waals surface area contributed by atoms with Gasteiger partial charge in [0.15, 0.2) is 22.7 Å². The first-order chi connectivity index (χ1) is 15.5. The number of hydrogen-bond acceptors (Lipinski definition) is 7. The lowest BCUT2D eigenvalue weighted by Gasteiger charge is -2.33. The average Bonchev–Trinajstić information content (AvgIpc) is 3.33. The number of carbonyl (C=O) groups is 2. The van der Waals surface area contributed by atoms with Gasteiger partial charge in [0.25, 0.3) is 5.91 Å². The highest BCUT2D eigenvalue weighted by Crippen LogP contribution is 2.30. The average molecular weight is 459 g/mol. The van der Waals surface area contributed by atoms with Crippen molar-refractivity contribution in [1.82, 2.24) is 4.98 Å². The summed E-state index contributed by atoms with van der Waals surface area (Å²) in [6, 6.07) is 5.47. The Hall–Kier alpha value is -2.87. The molecule has 0 aliphatic heterocycles. The zero-order chi connectivity index (χ0) is 22.9. The molecule has 172 valence electrons. The van der Waals surface area contributed by atoms with Crippen molar-refractivity contribution in [2.45, 2.75) is 58.1 Å². The van der Waals surface area contributed by atoms with Crippen LogP contribution in [0.2, 0.25) is 0 Å². The third-order valence-electron chi connectivity index (χ3n) is 5.34. The van der Waals surface area contributed by atoms with Crippen LogP contribution in [0.3, 0.4) is 0 Å². The predicted molar refractivity (Wildman–Crippen MR) is 125 cm³/mol. The summed E-state index contributed by atoms with van der Waals surface area (Å²) >= 11 is 1.42. The molecule has 1 heterocycles. The highest BCUT2D eigenvalue weighted by atomic mass is 32.1. The molecule has 1 aromatic heterocycles. The number of esters is 1. The van der Waals surface area contributed by atoms with Gasteiger partial charge in [0, 0.05) is 23.7 Å². The maximum Gasteiger partial charge on any atom is 0.331 e. The standard InChI is InChI=1S/C24H30N2O5S/c1-4-30-20-12-10-18(16-21(20)29-3)11-13-22(27)31-17(2)23(28)26(24-25-14-15-32-24)19-8-6-5-7-9-19/h10-17,19H,4-9H2,1-3H3/b13-11+. The maximum absolute atomic E-state index is 13.2. The molecular weight excluding hydrogens is 428 g/mol. The first-order valence-electron chi connectivity index (χ1n) is 11.0. The summed E-state index contributed by atoms with van der Waals surface area (Å²) in [4.78, 5) is 31.6. The van der Waals surface area contributed by atoms with Crippen LogP contribution >= 0.6 is 11.3 Å². The van der Waals surface area contributed by atoms with Crippen molar-refractivity contribution in [3.05, 3.63) is 41.4 Å². The Labute approximate surface area is 193 Å². The van der Waals surface area contributed by atoms with E-state index < -0.39 is 12.1 Å². The minimum Gasteiger partial charge on any atom is -0.493 e. The largest absolute Gasteiger partial charge is 0.493 e. The minimum absolute atomic E-state index is 0.0930. The summed E-state index contributed by atoms with van der Waals surface area (Å²) < 4.78 is 16.3. The number of nitrogens with zero attached hydrogens (tertiary/aromatic N) is 2. The summed E-state index contributed by atoms with van der Waals surface area (Å²) in [5.41, 5.74) is 0.757. The Morgan fingerprint density at radius 1 is 1.25 bits per heavy atom. The SMILES string of the molecule is CCOc1ccc(/C=C/C(=O)OC(C)C(=O)N(c2nccs2)C2CCCCC2)cc1OC. The minimum atomic E-state index is -0.909. The third-order valence-corrected chi connectivity index (χ3v) is 6.11. The van der Waals surface area contributed by atoms with Crippen molar-refractivity contribution in [1.29, 1.82) is 0 Å². The molecular formula is C24H30N2O5S. The number of amides is 1. The molecule has 0 saturated heterocycles. The molecule has 1 aliphatic rings. The van der Waals surface area contributed by atoms with E-state index in [1.54, 1.807) is 43.3 Å². The number of ether oxygens (including phenoxy) is 3. The number of carbonyl (C=O) groups excluding carboxylic acids is 2. The monoisotopic (exact) mass is 458 g/mol. The smallest absolute Gasteiger partial charge is 0.331 e. The molecule has 0 bridgehead atoms. The van der Waals surface area contributed by atoms with Crippen LogP contribution in [0, 0.1) is 0 Å². The molecule has 1 saturated carbocycles. The van der Waals surface area contributed by atoms with Gasteiger partial charge in [0.1, 0.15) is 0 Å². The van der Waals surface area contributed by atoms with Gasteiger partial charge >= 0.3 is 5.97 Å². The van der Waals surface area contributed by atoms with E-state index in [0.717, 1.165) is 31.2 Å². The van der Waals surface area contributed by atoms with Crippen LogP contribution in [-0.4, -0.2) is 42.7 Å². The second-order valence-corrected chi connectivity index (χ2v) is 8.44. The number of benzene rings is 1. The van der Waals surface area contributed by atoms with Gasteiger partial charge < -0.3 is 14.2 Å². The van der Waals surface area contributed by atoms with Gasteiger partial charge in [-0.15, -0.1) is 11.3 Å². The summed E-state index contributed by atoms with van der Waals surface area (Å²) in [7, 11) is 1.56. The summed E-state index contributed by atoms with van der Waals surface area (Å²) in [5.74, 6) is 0.397. The zero-order valence-electron chi connectivity index (χ0n) is 18.8. The van der Waals surface area contributed by atoms with E-state index in [1.165, 1.54) is 23.8 Å². The second kappa shape index (κ2) is 11.7. The van der Waals surface area contributed by atoms with E-state index in [2.05, 4.69) is 4.98 Å². The highest BCUT2D eigenvalue weighted by molar-refractivity contribution is 7.13. The van der Waals surface area contributed by atoms with Gasteiger partial charge in [-0.1, -0.05) is 25.3 Å². The number of thiazole rings is 1. The molecule has 1 unspecified atom stereocenters. The first kappa shape index (κ1) is 23.8. The van der Waals surface area contributed by atoms with Gasteiger partial charge in [-0.25, -0.2) is 9.78 Å². The van der Waals surface area contributed by atoms with E-state index in [1.807, 2.05) is 18.4 Å². The summed E-state index contributed by atoms with van der Waals surface area (Å²) in [6.07, 6.45) is 8.94. The molecule has 8 heteroatoms. The van der Waals surface area contributed by atoms with Crippen LogP contribution < -0.4 is 14.4 Å². The lowest BCUT2D eigenvalue weighted by atomic mass is 9.94. The molecule has 1 aliphatic carbocycles. The Balaban J connectivity index is 1.65. The van der Waals surface area contributed by atoms with Crippen molar-refractivity contribution in [3.8, 4) is 11.5 Å². The summed E-state index contributed by atoms with van der Waals surface area (Å²) in [5, 5.41) is 2.50. The Kier molecular flexibility index (Phi) is 8.67. The molecule has 7 nitrogen and oxygen atoms in total. The lowest BCUT2D eigenvalue weighted by Crippen LogP contribution is -2.47. The van der Waals surface area contributed by atoms with Gasteiger partial charge in [-0.05, 0) is 50.5 Å². The molecule has 1 aromatic carbocycles. The zero-order valence-corrected chi connectivity index (χ0v) is 19.6. The Morgan fingerprint density at radius 2 is 2.03 bits per heavy atom. The molecule has 2 aromatic rings. The van der Waals surface area contributed by atoms with Crippen LogP contribution in [-0.2, 0) is 14.3 Å². The van der Waals surface area contributed by atoms with Crippen LogP contribution in [0.1, 0.15) is 51.5 Å². The van der Waals surface area contributed by atoms with Crippen LogP contribution in [0.25, 0.3) is 6.08 Å². The fraction of sp³-hybridized carbons (Fsp3) is 0.458. The third kappa shape index (κ3) is 6.09. The number of anilines is 1. The Bertz CT molecular complexity index is 922. The van der Waals surface area contributed by atoms with Gasteiger partial charge in [0.2, 0.25) is 0 Å². The molecule has 1 atom stereocenters. The van der Waals surface area contributed by atoms with E-state index in [-0.39, 0.29) is 11.9 Å². The van der Waals surface area contributed by atoms with Crippen molar-refractivity contribution in [2.24, 2.45) is 0 Å². The fourth-order valence-corrected chi connectivity index (χ4v) is 4.51. The summed E-state index contributed by atoms with van der Waals surface area (Å²) in [6.45, 7) is 4.04. The molecule has 3 rings (SSSR count). The van der Waals surface area contributed by atoms with E-state index >= 15 is 0 Å². The number of rotatable bonds is 9. The van der Waals surface area contributed by atoms with Crippen molar-refractivity contribution < 1.29 is 23.8 Å². The number of methoxy groups -OCH3 is 1. The number of hydrogen-bond donors (Lipinski definition) is 0. The highest BCUT2D eigenvalue weighted by Gasteiger charge is 2.32. The molecule has 1 fully saturated rings. The normalized spacial score (nSPS) is 15.3. The predicted octanol–water partition coefficient (Wildman–Crippen LogP) is 4.86. The van der Waals surface area contributed by atoms with Gasteiger partial charge in [0.05, 0.1) is 13.7 Å². The maximum atomic E-state index is 13.2. The first-order valence-corrected chi connectivity index (χ1v) is 11.8. The molecule has 0 radical (unpaired) electrons. The quantitative estimate of drug-likeness (QED) is 0.394. The van der Waals surface area contributed by atoms with Gasteiger partial charge in [-0.2, -0.15) is 0 Å². The van der Waals surface area contributed by atoms with Crippen LogP contribution in [0.4, 0.5) is 5.13 Å². The van der Waals surface area contributed by atoms with E-state index in [9.17, 15) is 9.59 Å². The van der Waals surface area contributed by atoms with Crippen LogP contribution in [0.15, 0.2) is 35.9 Å². The van der Waals surface area contributed by atoms with Crippen LogP contribution in [0.5, 0.6) is 11.5 Å². The van der Waals surface area contributed by atoms with Crippen molar-refractivity contribution in [3.63, 3.8) is 0 Å².